The van der Waals surface area contributed by atoms with Gasteiger partial charge in [0.05, 0.1) is 25.1 Å². The van der Waals surface area contributed by atoms with E-state index >= 15 is 0 Å². The first-order valence-corrected chi connectivity index (χ1v) is 8.81. The molecule has 0 spiro atoms. The first-order chi connectivity index (χ1) is 13.4. The first kappa shape index (κ1) is 18.5. The second kappa shape index (κ2) is 7.27. The number of carbonyl (C=O) groups is 1. The van der Waals surface area contributed by atoms with Crippen molar-refractivity contribution in [1.82, 2.24) is 10.1 Å². The van der Waals surface area contributed by atoms with Gasteiger partial charge in [0.25, 0.3) is 0 Å². The van der Waals surface area contributed by atoms with Crippen molar-refractivity contribution in [2.75, 3.05) is 19.7 Å². The van der Waals surface area contributed by atoms with E-state index < -0.39 is 17.8 Å². The van der Waals surface area contributed by atoms with Crippen LogP contribution >= 0.6 is 0 Å². The van der Waals surface area contributed by atoms with E-state index in [1.165, 1.54) is 12.1 Å². The van der Waals surface area contributed by atoms with Gasteiger partial charge in [-0.15, -0.1) is 0 Å². The van der Waals surface area contributed by atoms with Crippen molar-refractivity contribution < 1.29 is 27.2 Å². The summed E-state index contributed by atoms with van der Waals surface area (Å²) in [6, 6.07) is 12.2. The number of carbonyl (C=O) groups excluding carboxylic acids is 1. The monoisotopic (exact) mass is 390 g/mol. The summed E-state index contributed by atoms with van der Waals surface area (Å²) in [5.41, 5.74) is 1.09. The molecule has 0 saturated carbocycles. The van der Waals surface area contributed by atoms with Crippen LogP contribution in [0.1, 0.15) is 22.9 Å². The van der Waals surface area contributed by atoms with Crippen molar-refractivity contribution in [3.05, 3.63) is 65.4 Å². The molecular formula is C20H17F3N2O3. The number of amides is 1. The molecule has 1 unspecified atom stereocenters. The molecule has 0 N–H and O–H groups in total. The van der Waals surface area contributed by atoms with E-state index in [-0.39, 0.29) is 18.9 Å². The zero-order chi connectivity index (χ0) is 19.7. The summed E-state index contributed by atoms with van der Waals surface area (Å²) < 4.78 is 49.1. The van der Waals surface area contributed by atoms with Crippen LogP contribution in [0, 0.1) is 0 Å². The number of hydrogen-bond acceptors (Lipinski definition) is 4. The normalized spacial score (nSPS) is 17.8. The highest BCUT2D eigenvalue weighted by Crippen LogP contribution is 2.31. The number of nitrogens with zero attached hydrogens (tertiary/aromatic N) is 2. The molecule has 1 amide bonds. The smallest absolute Gasteiger partial charge is 0.370 e. The standard InChI is InChI=1S/C20H17F3N2O3/c21-20(22,23)14-7-5-13(6-8-14)18-12-25(9-10-27-18)19(26)11-16-15-3-1-2-4-17(15)28-24-16/h1-8,18H,9-12H2. The van der Waals surface area contributed by atoms with Gasteiger partial charge >= 0.3 is 6.18 Å². The quantitative estimate of drug-likeness (QED) is 0.679. The molecule has 0 aliphatic carbocycles. The number of aromatic nitrogens is 1. The second-order valence-electron chi connectivity index (χ2n) is 6.62. The van der Waals surface area contributed by atoms with Gasteiger partial charge in [-0.05, 0) is 29.8 Å². The summed E-state index contributed by atoms with van der Waals surface area (Å²) in [4.78, 5) is 14.4. The minimum atomic E-state index is -4.38. The average molecular weight is 390 g/mol. The van der Waals surface area contributed by atoms with Gasteiger partial charge in [-0.3, -0.25) is 4.79 Å². The number of morpholine rings is 1. The Morgan fingerprint density at radius 1 is 1.14 bits per heavy atom. The van der Waals surface area contributed by atoms with Gasteiger partial charge in [0.2, 0.25) is 5.91 Å². The van der Waals surface area contributed by atoms with Crippen molar-refractivity contribution in [1.29, 1.82) is 0 Å². The van der Waals surface area contributed by atoms with E-state index in [4.69, 9.17) is 9.26 Å². The number of hydrogen-bond donors (Lipinski definition) is 0. The second-order valence-corrected chi connectivity index (χ2v) is 6.62. The van der Waals surface area contributed by atoms with Crippen LogP contribution in [-0.2, 0) is 22.1 Å². The van der Waals surface area contributed by atoms with Crippen molar-refractivity contribution in [3.8, 4) is 0 Å². The lowest BCUT2D eigenvalue weighted by atomic mass is 10.0. The molecule has 4 rings (SSSR count). The fraction of sp³-hybridized carbons (Fsp3) is 0.300. The maximum atomic E-state index is 12.7. The van der Waals surface area contributed by atoms with E-state index in [9.17, 15) is 18.0 Å². The molecule has 2 aromatic carbocycles. The maximum absolute atomic E-state index is 12.7. The number of ether oxygens (including phenoxy) is 1. The van der Waals surface area contributed by atoms with E-state index in [1.807, 2.05) is 18.2 Å². The summed E-state index contributed by atoms with van der Waals surface area (Å²) in [6.07, 6.45) is -4.75. The Labute approximate surface area is 158 Å². The molecule has 0 radical (unpaired) electrons. The molecule has 8 heteroatoms. The van der Waals surface area contributed by atoms with Gasteiger partial charge in [-0.1, -0.05) is 29.4 Å². The van der Waals surface area contributed by atoms with Crippen LogP contribution in [0.25, 0.3) is 11.0 Å². The third-order valence-corrected chi connectivity index (χ3v) is 4.80. The summed E-state index contributed by atoms with van der Waals surface area (Å²) in [5, 5.41) is 4.77. The average Bonchev–Trinajstić information content (AvgIpc) is 3.10. The molecule has 2 heterocycles. The number of fused-ring (bicyclic) bond motifs is 1. The van der Waals surface area contributed by atoms with E-state index in [0.717, 1.165) is 17.5 Å². The van der Waals surface area contributed by atoms with Crippen molar-refractivity contribution in [3.63, 3.8) is 0 Å². The Kier molecular flexibility index (Phi) is 4.80. The summed E-state index contributed by atoms with van der Waals surface area (Å²) in [6.45, 7) is 1.02. The van der Waals surface area contributed by atoms with Crippen molar-refractivity contribution >= 4 is 16.9 Å². The lowest BCUT2D eigenvalue weighted by Crippen LogP contribution is -2.43. The molecule has 1 aliphatic heterocycles. The number of para-hydroxylation sites is 1. The van der Waals surface area contributed by atoms with Gasteiger partial charge in [0.15, 0.2) is 5.58 Å². The molecule has 146 valence electrons. The third-order valence-electron chi connectivity index (χ3n) is 4.80. The van der Waals surface area contributed by atoms with Gasteiger partial charge in [-0.2, -0.15) is 13.2 Å². The summed E-state index contributed by atoms with van der Waals surface area (Å²) >= 11 is 0. The Bertz CT molecular complexity index is 982. The van der Waals surface area contributed by atoms with Crippen molar-refractivity contribution in [2.24, 2.45) is 0 Å². The van der Waals surface area contributed by atoms with Crippen molar-refractivity contribution in [2.45, 2.75) is 18.7 Å². The predicted molar refractivity (Wildman–Crippen MR) is 94.4 cm³/mol. The molecule has 1 aromatic heterocycles. The minimum Gasteiger partial charge on any atom is -0.370 e. The van der Waals surface area contributed by atoms with E-state index in [2.05, 4.69) is 5.16 Å². The zero-order valence-electron chi connectivity index (χ0n) is 14.8. The number of halogens is 3. The molecule has 0 bridgehead atoms. The van der Waals surface area contributed by atoms with Gasteiger partial charge in [-0.25, -0.2) is 0 Å². The van der Waals surface area contributed by atoms with Crippen LogP contribution in [0.3, 0.4) is 0 Å². The fourth-order valence-electron chi connectivity index (χ4n) is 3.28. The molecule has 1 atom stereocenters. The highest BCUT2D eigenvalue weighted by atomic mass is 19.4. The number of rotatable bonds is 3. The third kappa shape index (κ3) is 3.73. The minimum absolute atomic E-state index is 0.0940. The SMILES string of the molecule is O=C(Cc1noc2ccccc12)N1CCOC(c2ccc(C(F)(F)F)cc2)C1. The number of alkyl halides is 3. The largest absolute Gasteiger partial charge is 0.416 e. The van der Waals surface area contributed by atoms with Crippen LogP contribution in [0.5, 0.6) is 0 Å². The summed E-state index contributed by atoms with van der Waals surface area (Å²) in [5.74, 6) is -0.126. The number of benzene rings is 2. The molecule has 28 heavy (non-hydrogen) atoms. The van der Waals surface area contributed by atoms with Crippen LogP contribution in [0.4, 0.5) is 13.2 Å². The highest BCUT2D eigenvalue weighted by molar-refractivity contribution is 5.86. The lowest BCUT2D eigenvalue weighted by molar-refractivity contribution is -0.138. The summed E-state index contributed by atoms with van der Waals surface area (Å²) in [7, 11) is 0. The topological polar surface area (TPSA) is 55.6 Å². The molecule has 1 aliphatic rings. The van der Waals surface area contributed by atoms with E-state index in [1.54, 1.807) is 11.0 Å². The van der Waals surface area contributed by atoms with E-state index in [0.29, 0.717) is 30.0 Å². The van der Waals surface area contributed by atoms with Crippen LogP contribution in [-0.4, -0.2) is 35.7 Å². The Morgan fingerprint density at radius 2 is 1.89 bits per heavy atom. The zero-order valence-corrected chi connectivity index (χ0v) is 14.8. The Morgan fingerprint density at radius 3 is 2.64 bits per heavy atom. The van der Waals surface area contributed by atoms with Crippen LogP contribution < -0.4 is 0 Å². The van der Waals surface area contributed by atoms with Crippen LogP contribution in [0.15, 0.2) is 53.1 Å². The molecule has 3 aromatic rings. The molecular weight excluding hydrogens is 373 g/mol. The lowest BCUT2D eigenvalue weighted by Gasteiger charge is -2.33. The highest BCUT2D eigenvalue weighted by Gasteiger charge is 2.31. The Balaban J connectivity index is 1.45. The fourth-order valence-corrected chi connectivity index (χ4v) is 3.28. The van der Waals surface area contributed by atoms with Gasteiger partial charge < -0.3 is 14.2 Å². The predicted octanol–water partition coefficient (Wildman–Crippen LogP) is 3.99. The van der Waals surface area contributed by atoms with Gasteiger partial charge in [0, 0.05) is 11.9 Å². The molecule has 1 fully saturated rings. The maximum Gasteiger partial charge on any atom is 0.416 e. The van der Waals surface area contributed by atoms with Crippen LogP contribution in [0.2, 0.25) is 0 Å². The molecule has 1 saturated heterocycles. The van der Waals surface area contributed by atoms with Gasteiger partial charge in [0.1, 0.15) is 11.8 Å². The molecule has 5 nitrogen and oxygen atoms in total. The first-order valence-electron chi connectivity index (χ1n) is 8.81. The Hall–Kier alpha value is -2.87.